The Kier molecular flexibility index (Phi) is 8.17. The average molecular weight is 244 g/mol. The standard InChI is InChI=1S/C13H28N2O2/c1-5-11(9-14)8-12(16)15-10-13(2,3)6-7-17-4/h11H,5-10,14H2,1-4H3,(H,15,16). The summed E-state index contributed by atoms with van der Waals surface area (Å²) in [5.41, 5.74) is 5.66. The van der Waals surface area contributed by atoms with E-state index in [1.54, 1.807) is 7.11 Å². The van der Waals surface area contributed by atoms with Crippen molar-refractivity contribution >= 4 is 5.91 Å². The minimum Gasteiger partial charge on any atom is -0.385 e. The molecule has 0 aromatic rings. The van der Waals surface area contributed by atoms with E-state index in [4.69, 9.17) is 10.5 Å². The summed E-state index contributed by atoms with van der Waals surface area (Å²) in [6.07, 6.45) is 2.43. The maximum Gasteiger partial charge on any atom is 0.220 e. The zero-order valence-corrected chi connectivity index (χ0v) is 11.7. The number of nitrogens with two attached hydrogens (primary N) is 1. The number of amides is 1. The third-order valence-electron chi connectivity index (χ3n) is 3.13. The van der Waals surface area contributed by atoms with Crippen molar-refractivity contribution in [3.05, 3.63) is 0 Å². The second-order valence-corrected chi connectivity index (χ2v) is 5.40. The molecule has 1 unspecified atom stereocenters. The molecule has 4 nitrogen and oxygen atoms in total. The van der Waals surface area contributed by atoms with Crippen LogP contribution in [0.5, 0.6) is 0 Å². The smallest absolute Gasteiger partial charge is 0.220 e. The predicted octanol–water partition coefficient (Wildman–Crippen LogP) is 1.54. The van der Waals surface area contributed by atoms with Gasteiger partial charge in [-0.15, -0.1) is 0 Å². The predicted molar refractivity (Wildman–Crippen MR) is 70.7 cm³/mol. The minimum absolute atomic E-state index is 0.0795. The van der Waals surface area contributed by atoms with Crippen LogP contribution < -0.4 is 11.1 Å². The number of ether oxygens (including phenoxy) is 1. The van der Waals surface area contributed by atoms with Crippen LogP contribution in [0, 0.1) is 11.3 Å². The van der Waals surface area contributed by atoms with Gasteiger partial charge >= 0.3 is 0 Å². The van der Waals surface area contributed by atoms with Crippen LogP contribution in [0.4, 0.5) is 0 Å². The molecular formula is C13H28N2O2. The molecule has 0 aliphatic carbocycles. The summed E-state index contributed by atoms with van der Waals surface area (Å²) in [6.45, 7) is 8.32. The normalized spacial score (nSPS) is 13.5. The van der Waals surface area contributed by atoms with Gasteiger partial charge in [-0.2, -0.15) is 0 Å². The Balaban J connectivity index is 3.89. The fourth-order valence-corrected chi connectivity index (χ4v) is 1.53. The first-order valence-corrected chi connectivity index (χ1v) is 6.41. The number of hydrogen-bond donors (Lipinski definition) is 2. The van der Waals surface area contributed by atoms with Crippen molar-refractivity contribution < 1.29 is 9.53 Å². The Morgan fingerprint density at radius 1 is 1.47 bits per heavy atom. The molecule has 0 saturated heterocycles. The molecular weight excluding hydrogens is 216 g/mol. The molecule has 3 N–H and O–H groups in total. The molecule has 0 heterocycles. The van der Waals surface area contributed by atoms with E-state index in [-0.39, 0.29) is 11.3 Å². The molecule has 0 spiro atoms. The number of nitrogens with one attached hydrogen (secondary N) is 1. The van der Waals surface area contributed by atoms with Crippen LogP contribution in [0.2, 0.25) is 0 Å². The van der Waals surface area contributed by atoms with Gasteiger partial charge in [-0.3, -0.25) is 4.79 Å². The summed E-state index contributed by atoms with van der Waals surface area (Å²) in [4.78, 5) is 11.7. The molecule has 0 aromatic carbocycles. The third kappa shape index (κ3) is 8.16. The van der Waals surface area contributed by atoms with Gasteiger partial charge in [0.2, 0.25) is 5.91 Å². The quantitative estimate of drug-likeness (QED) is 0.646. The summed E-state index contributed by atoms with van der Waals surface area (Å²) in [5, 5.41) is 2.98. The van der Waals surface area contributed by atoms with Crippen molar-refractivity contribution in [2.45, 2.75) is 40.0 Å². The second kappa shape index (κ2) is 8.48. The van der Waals surface area contributed by atoms with Crippen LogP contribution in [-0.4, -0.2) is 32.7 Å². The van der Waals surface area contributed by atoms with Gasteiger partial charge in [-0.05, 0) is 24.3 Å². The van der Waals surface area contributed by atoms with Gasteiger partial charge in [-0.1, -0.05) is 27.2 Å². The number of carbonyl (C=O) groups excluding carboxylic acids is 1. The summed E-state index contributed by atoms with van der Waals surface area (Å²) in [6, 6.07) is 0. The summed E-state index contributed by atoms with van der Waals surface area (Å²) >= 11 is 0. The highest BCUT2D eigenvalue weighted by atomic mass is 16.5. The molecule has 0 radical (unpaired) electrons. The van der Waals surface area contributed by atoms with Crippen molar-refractivity contribution in [3.8, 4) is 0 Å². The lowest BCUT2D eigenvalue weighted by atomic mass is 9.89. The van der Waals surface area contributed by atoms with Gasteiger partial charge in [0.05, 0.1) is 0 Å². The molecule has 1 amide bonds. The van der Waals surface area contributed by atoms with E-state index in [0.29, 0.717) is 25.4 Å². The van der Waals surface area contributed by atoms with Crippen LogP contribution in [0.15, 0.2) is 0 Å². The zero-order chi connectivity index (χ0) is 13.3. The molecule has 102 valence electrons. The van der Waals surface area contributed by atoms with Crippen LogP contribution in [-0.2, 0) is 9.53 Å². The van der Waals surface area contributed by atoms with E-state index >= 15 is 0 Å². The Labute approximate surface area is 105 Å². The van der Waals surface area contributed by atoms with Gasteiger partial charge in [0.1, 0.15) is 0 Å². The molecule has 0 bridgehead atoms. The molecule has 4 heteroatoms. The van der Waals surface area contributed by atoms with Crippen molar-refractivity contribution in [3.63, 3.8) is 0 Å². The van der Waals surface area contributed by atoms with Gasteiger partial charge in [0, 0.05) is 26.7 Å². The molecule has 0 aliphatic heterocycles. The van der Waals surface area contributed by atoms with Crippen molar-refractivity contribution in [1.29, 1.82) is 0 Å². The van der Waals surface area contributed by atoms with Gasteiger partial charge in [0.25, 0.3) is 0 Å². The van der Waals surface area contributed by atoms with E-state index in [0.717, 1.165) is 19.4 Å². The third-order valence-corrected chi connectivity index (χ3v) is 3.13. The van der Waals surface area contributed by atoms with Crippen LogP contribution in [0.3, 0.4) is 0 Å². The maximum absolute atomic E-state index is 11.7. The van der Waals surface area contributed by atoms with Gasteiger partial charge < -0.3 is 15.8 Å². The molecule has 0 fully saturated rings. The fourth-order valence-electron chi connectivity index (χ4n) is 1.53. The minimum atomic E-state index is 0.0795. The van der Waals surface area contributed by atoms with Crippen molar-refractivity contribution in [2.24, 2.45) is 17.1 Å². The first-order chi connectivity index (χ1) is 7.95. The van der Waals surface area contributed by atoms with Gasteiger partial charge in [0.15, 0.2) is 0 Å². The van der Waals surface area contributed by atoms with Crippen LogP contribution in [0.1, 0.15) is 40.0 Å². The Bertz CT molecular complexity index is 213. The number of methoxy groups -OCH3 is 1. The van der Waals surface area contributed by atoms with E-state index in [1.165, 1.54) is 0 Å². The lowest BCUT2D eigenvalue weighted by Gasteiger charge is -2.25. The zero-order valence-electron chi connectivity index (χ0n) is 11.7. The highest BCUT2D eigenvalue weighted by Gasteiger charge is 2.19. The molecule has 0 rings (SSSR count). The largest absolute Gasteiger partial charge is 0.385 e. The van der Waals surface area contributed by atoms with E-state index < -0.39 is 0 Å². The topological polar surface area (TPSA) is 64.4 Å². The first kappa shape index (κ1) is 16.4. The van der Waals surface area contributed by atoms with E-state index in [2.05, 4.69) is 26.1 Å². The number of hydrogen-bond acceptors (Lipinski definition) is 3. The SMILES string of the molecule is CCC(CN)CC(=O)NCC(C)(C)CCOC. The molecule has 17 heavy (non-hydrogen) atoms. The molecule has 0 aromatic heterocycles. The number of carbonyl (C=O) groups is 1. The van der Waals surface area contributed by atoms with Crippen LogP contribution >= 0.6 is 0 Å². The molecule has 0 saturated carbocycles. The highest BCUT2D eigenvalue weighted by Crippen LogP contribution is 2.18. The van der Waals surface area contributed by atoms with Crippen molar-refractivity contribution in [2.75, 3.05) is 26.8 Å². The van der Waals surface area contributed by atoms with E-state index in [9.17, 15) is 4.79 Å². The fraction of sp³-hybridized carbons (Fsp3) is 0.923. The summed E-state index contributed by atoms with van der Waals surface area (Å²) in [5.74, 6) is 0.407. The maximum atomic E-state index is 11.7. The Morgan fingerprint density at radius 3 is 2.59 bits per heavy atom. The Morgan fingerprint density at radius 2 is 2.12 bits per heavy atom. The summed E-state index contributed by atoms with van der Waals surface area (Å²) < 4.78 is 5.05. The first-order valence-electron chi connectivity index (χ1n) is 6.41. The second-order valence-electron chi connectivity index (χ2n) is 5.40. The van der Waals surface area contributed by atoms with Crippen LogP contribution in [0.25, 0.3) is 0 Å². The Hall–Kier alpha value is -0.610. The molecule has 0 aliphatic rings. The lowest BCUT2D eigenvalue weighted by Crippen LogP contribution is -2.36. The number of rotatable bonds is 9. The average Bonchev–Trinajstić information content (AvgIpc) is 2.31. The van der Waals surface area contributed by atoms with Gasteiger partial charge in [-0.25, -0.2) is 0 Å². The molecule has 1 atom stereocenters. The lowest BCUT2D eigenvalue weighted by molar-refractivity contribution is -0.122. The summed E-state index contributed by atoms with van der Waals surface area (Å²) in [7, 11) is 1.70. The van der Waals surface area contributed by atoms with E-state index in [1.807, 2.05) is 0 Å². The van der Waals surface area contributed by atoms with Crippen molar-refractivity contribution in [1.82, 2.24) is 5.32 Å². The monoisotopic (exact) mass is 244 g/mol. The highest BCUT2D eigenvalue weighted by molar-refractivity contribution is 5.76.